The predicted octanol–water partition coefficient (Wildman–Crippen LogP) is 0.203. The molecule has 78 valence electrons. The van der Waals surface area contributed by atoms with E-state index in [9.17, 15) is 4.79 Å². The SMILES string of the molecule is COCCC(C)C(=O)COCCN. The molecule has 0 aliphatic heterocycles. The molecule has 0 aromatic heterocycles. The number of rotatable bonds is 8. The van der Waals surface area contributed by atoms with Gasteiger partial charge >= 0.3 is 0 Å². The summed E-state index contributed by atoms with van der Waals surface area (Å²) in [6.07, 6.45) is 0.751. The van der Waals surface area contributed by atoms with Crippen LogP contribution in [0.4, 0.5) is 0 Å². The van der Waals surface area contributed by atoms with Crippen LogP contribution in [0.2, 0.25) is 0 Å². The quantitative estimate of drug-likeness (QED) is 0.554. The molecule has 0 spiro atoms. The smallest absolute Gasteiger partial charge is 0.161 e. The molecular formula is C9H19NO3. The molecule has 0 heterocycles. The molecule has 0 saturated heterocycles. The monoisotopic (exact) mass is 189 g/mol. The summed E-state index contributed by atoms with van der Waals surface area (Å²) in [6.45, 7) is 3.57. The highest BCUT2D eigenvalue weighted by molar-refractivity contribution is 5.81. The first-order valence-corrected chi connectivity index (χ1v) is 4.51. The van der Waals surface area contributed by atoms with Gasteiger partial charge in [0.1, 0.15) is 6.61 Å². The molecule has 1 atom stereocenters. The number of ether oxygens (including phenoxy) is 2. The fraction of sp³-hybridized carbons (Fsp3) is 0.889. The van der Waals surface area contributed by atoms with Crippen molar-refractivity contribution >= 4 is 5.78 Å². The van der Waals surface area contributed by atoms with Crippen molar-refractivity contribution in [2.75, 3.05) is 33.5 Å². The molecule has 4 heteroatoms. The lowest BCUT2D eigenvalue weighted by Gasteiger charge is -2.09. The summed E-state index contributed by atoms with van der Waals surface area (Å²) in [4.78, 5) is 11.3. The maximum absolute atomic E-state index is 11.3. The molecule has 0 bridgehead atoms. The molecule has 0 rings (SSSR count). The van der Waals surface area contributed by atoms with Crippen LogP contribution >= 0.6 is 0 Å². The number of carbonyl (C=O) groups excluding carboxylic acids is 1. The number of Topliss-reactive ketones (excluding diaryl/α,β-unsaturated/α-hetero) is 1. The minimum Gasteiger partial charge on any atom is -0.385 e. The fourth-order valence-electron chi connectivity index (χ4n) is 0.854. The topological polar surface area (TPSA) is 61.5 Å². The van der Waals surface area contributed by atoms with Crippen LogP contribution in [0.1, 0.15) is 13.3 Å². The summed E-state index contributed by atoms with van der Waals surface area (Å²) in [6, 6.07) is 0. The lowest BCUT2D eigenvalue weighted by Crippen LogP contribution is -2.20. The molecule has 2 N–H and O–H groups in total. The van der Waals surface area contributed by atoms with Gasteiger partial charge in [-0.3, -0.25) is 4.79 Å². The molecular weight excluding hydrogens is 170 g/mol. The van der Waals surface area contributed by atoms with Crippen LogP contribution in [0.3, 0.4) is 0 Å². The highest BCUT2D eigenvalue weighted by Gasteiger charge is 2.11. The van der Waals surface area contributed by atoms with E-state index in [0.29, 0.717) is 19.8 Å². The number of methoxy groups -OCH3 is 1. The largest absolute Gasteiger partial charge is 0.385 e. The van der Waals surface area contributed by atoms with Crippen LogP contribution in [-0.4, -0.2) is 39.3 Å². The molecule has 0 saturated carbocycles. The van der Waals surface area contributed by atoms with E-state index < -0.39 is 0 Å². The van der Waals surface area contributed by atoms with Crippen molar-refractivity contribution in [1.29, 1.82) is 0 Å². The molecule has 0 amide bonds. The zero-order valence-corrected chi connectivity index (χ0v) is 8.41. The molecule has 13 heavy (non-hydrogen) atoms. The second kappa shape index (κ2) is 8.16. The first-order valence-electron chi connectivity index (χ1n) is 4.51. The Morgan fingerprint density at radius 2 is 2.15 bits per heavy atom. The first kappa shape index (κ1) is 12.6. The van der Waals surface area contributed by atoms with Gasteiger partial charge in [0.25, 0.3) is 0 Å². The lowest BCUT2D eigenvalue weighted by molar-refractivity contribution is -0.127. The number of nitrogens with two attached hydrogens (primary N) is 1. The van der Waals surface area contributed by atoms with Gasteiger partial charge in [-0.05, 0) is 6.42 Å². The second-order valence-electron chi connectivity index (χ2n) is 2.99. The predicted molar refractivity (Wildman–Crippen MR) is 50.5 cm³/mol. The maximum atomic E-state index is 11.3. The van der Waals surface area contributed by atoms with Crippen LogP contribution in [0, 0.1) is 5.92 Å². The third-order valence-corrected chi connectivity index (χ3v) is 1.81. The summed E-state index contributed by atoms with van der Waals surface area (Å²) >= 11 is 0. The number of hydrogen-bond acceptors (Lipinski definition) is 4. The van der Waals surface area contributed by atoms with Crippen molar-refractivity contribution in [2.45, 2.75) is 13.3 Å². The van der Waals surface area contributed by atoms with E-state index in [1.54, 1.807) is 7.11 Å². The van der Waals surface area contributed by atoms with Crippen LogP contribution < -0.4 is 5.73 Å². The molecule has 0 fully saturated rings. The van der Waals surface area contributed by atoms with Gasteiger partial charge in [0.05, 0.1) is 6.61 Å². The lowest BCUT2D eigenvalue weighted by atomic mass is 10.0. The van der Waals surface area contributed by atoms with Gasteiger partial charge in [-0.2, -0.15) is 0 Å². The van der Waals surface area contributed by atoms with Crippen molar-refractivity contribution < 1.29 is 14.3 Å². The fourth-order valence-corrected chi connectivity index (χ4v) is 0.854. The van der Waals surface area contributed by atoms with Gasteiger partial charge in [-0.1, -0.05) is 6.92 Å². The highest BCUT2D eigenvalue weighted by atomic mass is 16.5. The molecule has 0 aromatic rings. The van der Waals surface area contributed by atoms with Crippen molar-refractivity contribution in [3.8, 4) is 0 Å². The molecule has 0 aromatic carbocycles. The Balaban J connectivity index is 3.45. The maximum Gasteiger partial charge on any atom is 0.161 e. The molecule has 1 unspecified atom stereocenters. The first-order chi connectivity index (χ1) is 6.22. The van der Waals surface area contributed by atoms with Crippen LogP contribution in [0.15, 0.2) is 0 Å². The summed E-state index contributed by atoms with van der Waals surface area (Å²) in [7, 11) is 1.63. The summed E-state index contributed by atoms with van der Waals surface area (Å²) < 4.78 is 9.91. The van der Waals surface area contributed by atoms with E-state index >= 15 is 0 Å². The average Bonchev–Trinajstić information content (AvgIpc) is 2.14. The third-order valence-electron chi connectivity index (χ3n) is 1.81. The van der Waals surface area contributed by atoms with Gasteiger partial charge in [0.15, 0.2) is 5.78 Å². The van der Waals surface area contributed by atoms with Gasteiger partial charge in [-0.15, -0.1) is 0 Å². The highest BCUT2D eigenvalue weighted by Crippen LogP contribution is 2.03. The van der Waals surface area contributed by atoms with Crippen molar-refractivity contribution in [1.82, 2.24) is 0 Å². The Kier molecular flexibility index (Phi) is 7.88. The van der Waals surface area contributed by atoms with Gasteiger partial charge in [0.2, 0.25) is 0 Å². The van der Waals surface area contributed by atoms with Crippen LogP contribution in [-0.2, 0) is 14.3 Å². The summed E-state index contributed by atoms with van der Waals surface area (Å²) in [5, 5.41) is 0. The zero-order chi connectivity index (χ0) is 10.1. The minimum atomic E-state index is 0.0118. The number of carbonyl (C=O) groups is 1. The van der Waals surface area contributed by atoms with E-state index in [2.05, 4.69) is 0 Å². The summed E-state index contributed by atoms with van der Waals surface area (Å²) in [5.74, 6) is 0.128. The van der Waals surface area contributed by atoms with E-state index in [1.807, 2.05) is 6.92 Å². The summed E-state index contributed by atoms with van der Waals surface area (Å²) in [5.41, 5.74) is 5.21. The van der Waals surface area contributed by atoms with E-state index in [0.717, 1.165) is 6.42 Å². The molecule has 0 aliphatic carbocycles. The molecule has 4 nitrogen and oxygen atoms in total. The Morgan fingerprint density at radius 3 is 2.69 bits per heavy atom. The van der Waals surface area contributed by atoms with Crippen molar-refractivity contribution in [2.24, 2.45) is 11.7 Å². The van der Waals surface area contributed by atoms with Crippen molar-refractivity contribution in [3.63, 3.8) is 0 Å². The molecule has 0 aliphatic rings. The van der Waals surface area contributed by atoms with Crippen LogP contribution in [0.5, 0.6) is 0 Å². The van der Waals surface area contributed by atoms with Crippen LogP contribution in [0.25, 0.3) is 0 Å². The van der Waals surface area contributed by atoms with Gasteiger partial charge < -0.3 is 15.2 Å². The standard InChI is InChI=1S/C9H19NO3/c1-8(3-5-12-2)9(11)7-13-6-4-10/h8H,3-7,10H2,1-2H3. The van der Waals surface area contributed by atoms with Gasteiger partial charge in [-0.25, -0.2) is 0 Å². The Bertz CT molecular complexity index is 139. The normalized spacial score (nSPS) is 12.8. The van der Waals surface area contributed by atoms with E-state index in [1.165, 1.54) is 0 Å². The number of ketones is 1. The van der Waals surface area contributed by atoms with Gasteiger partial charge in [0, 0.05) is 26.2 Å². The Hall–Kier alpha value is -0.450. The van der Waals surface area contributed by atoms with Crippen molar-refractivity contribution in [3.05, 3.63) is 0 Å². The zero-order valence-electron chi connectivity index (χ0n) is 8.41. The average molecular weight is 189 g/mol. The van der Waals surface area contributed by atoms with E-state index in [4.69, 9.17) is 15.2 Å². The Labute approximate surface area is 79.4 Å². The Morgan fingerprint density at radius 1 is 1.46 bits per heavy atom. The minimum absolute atomic E-state index is 0.0118. The third kappa shape index (κ3) is 6.69. The molecule has 0 radical (unpaired) electrons. The van der Waals surface area contributed by atoms with E-state index in [-0.39, 0.29) is 18.3 Å². The number of hydrogen-bond donors (Lipinski definition) is 1. The second-order valence-corrected chi connectivity index (χ2v) is 2.99.